The summed E-state index contributed by atoms with van der Waals surface area (Å²) in [5.74, 6) is 0. The molecule has 208 valence electrons. The highest BCUT2D eigenvalue weighted by molar-refractivity contribution is 5.65. The van der Waals surface area contributed by atoms with Crippen LogP contribution in [0, 0.1) is 0 Å². The normalized spacial score (nSPS) is 23.2. The summed E-state index contributed by atoms with van der Waals surface area (Å²) >= 11 is 0. The van der Waals surface area contributed by atoms with E-state index in [1.54, 1.807) is 0 Å². The van der Waals surface area contributed by atoms with Gasteiger partial charge in [0.15, 0.2) is 0 Å². The highest BCUT2D eigenvalue weighted by atomic mass is 14.9. The summed E-state index contributed by atoms with van der Waals surface area (Å²) in [6.07, 6.45) is 26.7. The van der Waals surface area contributed by atoms with E-state index in [9.17, 15) is 0 Å². The standard InChI is InChI=1S/C36H44N4/c1-2-12-20-38-26-30-24-32(36-18-10-6-8-16-34(30)36)28-40-22-14-4-3-13-21-39-27-31-23-29(25-37-19-11-1)33-15-7-5-9-17-35(31)33/h5-10,15-16,37-40H,1-4,11-14,19-22,25-28H2. The van der Waals surface area contributed by atoms with Crippen LogP contribution in [-0.4, -0.2) is 52.4 Å². The Morgan fingerprint density at radius 2 is 0.800 bits per heavy atom. The fourth-order valence-corrected chi connectivity index (χ4v) is 5.73. The quantitative estimate of drug-likeness (QED) is 0.308. The predicted molar refractivity (Wildman–Crippen MR) is 167 cm³/mol. The molecule has 4 heteroatoms. The van der Waals surface area contributed by atoms with E-state index in [0.717, 1.165) is 52.4 Å². The second kappa shape index (κ2) is 15.6. The Morgan fingerprint density at radius 3 is 1.20 bits per heavy atom. The van der Waals surface area contributed by atoms with E-state index in [1.807, 2.05) is 12.2 Å². The van der Waals surface area contributed by atoms with E-state index in [0.29, 0.717) is 0 Å². The zero-order valence-corrected chi connectivity index (χ0v) is 23.9. The minimum atomic E-state index is 0.855. The lowest BCUT2D eigenvalue weighted by Gasteiger charge is -2.11. The first-order valence-corrected chi connectivity index (χ1v) is 15.4. The van der Waals surface area contributed by atoms with Crippen LogP contribution in [0.4, 0.5) is 0 Å². The molecule has 0 radical (unpaired) electrons. The summed E-state index contributed by atoms with van der Waals surface area (Å²) in [5, 5.41) is 14.7. The monoisotopic (exact) mass is 532 g/mol. The molecule has 1 heterocycles. The highest BCUT2D eigenvalue weighted by Gasteiger charge is 2.22. The Bertz CT molecular complexity index is 1230. The third-order valence-corrected chi connectivity index (χ3v) is 7.91. The first-order chi connectivity index (χ1) is 19.9. The summed E-state index contributed by atoms with van der Waals surface area (Å²) in [4.78, 5) is 0. The van der Waals surface area contributed by atoms with Gasteiger partial charge in [-0.2, -0.15) is 0 Å². The molecule has 4 nitrogen and oxygen atoms in total. The maximum Gasteiger partial charge on any atom is 0.0369 e. The van der Waals surface area contributed by atoms with Gasteiger partial charge in [-0.3, -0.25) is 0 Å². The second-order valence-electron chi connectivity index (χ2n) is 11.0. The number of hydrogen-bond acceptors (Lipinski definition) is 4. The predicted octanol–water partition coefficient (Wildman–Crippen LogP) is 5.57. The first-order valence-electron chi connectivity index (χ1n) is 15.4. The molecule has 0 saturated carbocycles. The Hall–Kier alpha value is -3.12. The summed E-state index contributed by atoms with van der Waals surface area (Å²) in [7, 11) is 0. The zero-order chi connectivity index (χ0) is 27.2. The molecule has 0 aromatic carbocycles. The molecule has 0 unspecified atom stereocenters. The molecular weight excluding hydrogens is 488 g/mol. The number of nitrogens with one attached hydrogen (secondary N) is 4. The van der Waals surface area contributed by atoms with Crippen molar-refractivity contribution in [3.05, 3.63) is 116 Å². The van der Waals surface area contributed by atoms with E-state index >= 15 is 0 Å². The van der Waals surface area contributed by atoms with Gasteiger partial charge in [-0.1, -0.05) is 62.1 Å². The fraction of sp³-hybridized carbons (Fsp3) is 0.444. The molecule has 0 fully saturated rings. The lowest BCUT2D eigenvalue weighted by Crippen LogP contribution is -2.20. The number of hydrogen-bond donors (Lipinski definition) is 4. The molecule has 0 spiro atoms. The van der Waals surface area contributed by atoms with E-state index in [2.05, 4.69) is 80.6 Å². The number of rotatable bonds is 0. The van der Waals surface area contributed by atoms with Gasteiger partial charge in [0.05, 0.1) is 0 Å². The van der Waals surface area contributed by atoms with Crippen molar-refractivity contribution in [3.63, 3.8) is 0 Å². The van der Waals surface area contributed by atoms with Crippen LogP contribution < -0.4 is 21.3 Å². The molecule has 0 atom stereocenters. The minimum absolute atomic E-state index is 0.855. The van der Waals surface area contributed by atoms with Crippen LogP contribution in [-0.2, 0) is 0 Å². The van der Waals surface area contributed by atoms with E-state index in [1.165, 1.54) is 96.0 Å². The van der Waals surface area contributed by atoms with Crippen molar-refractivity contribution in [2.24, 2.45) is 0 Å². The van der Waals surface area contributed by atoms with Gasteiger partial charge < -0.3 is 21.3 Å². The topological polar surface area (TPSA) is 48.1 Å². The first kappa shape index (κ1) is 28.4. The smallest absolute Gasteiger partial charge is 0.0369 e. The maximum atomic E-state index is 3.70. The summed E-state index contributed by atoms with van der Waals surface area (Å²) in [5.41, 5.74) is 24.4. The van der Waals surface area contributed by atoms with Crippen LogP contribution in [0.5, 0.6) is 0 Å². The Morgan fingerprint density at radius 1 is 0.425 bits per heavy atom. The van der Waals surface area contributed by atoms with Crippen molar-refractivity contribution in [3.8, 4) is 0 Å². The Labute approximate surface area is 240 Å². The summed E-state index contributed by atoms with van der Waals surface area (Å²) < 4.78 is 0. The lowest BCUT2D eigenvalue weighted by atomic mass is 10.00. The van der Waals surface area contributed by atoms with Gasteiger partial charge in [0, 0.05) is 70.8 Å². The molecule has 40 heavy (non-hydrogen) atoms. The average molecular weight is 533 g/mol. The van der Waals surface area contributed by atoms with Crippen LogP contribution in [0.15, 0.2) is 116 Å². The SMILES string of the molecule is C1=C2CNCCCCCCNCC3=C=C(CNCCCCCCNCC=1C1=CC=CC=C=C21)C1=CC=CC=C=C31. The molecule has 5 aliphatic rings. The van der Waals surface area contributed by atoms with Crippen molar-refractivity contribution < 1.29 is 0 Å². The van der Waals surface area contributed by atoms with Crippen LogP contribution in [0.25, 0.3) is 0 Å². The maximum absolute atomic E-state index is 3.70. The second-order valence-corrected chi connectivity index (χ2v) is 11.0. The van der Waals surface area contributed by atoms with Gasteiger partial charge in [0.1, 0.15) is 0 Å². The van der Waals surface area contributed by atoms with Crippen LogP contribution in [0.3, 0.4) is 0 Å². The van der Waals surface area contributed by atoms with E-state index in [4.69, 9.17) is 0 Å². The average Bonchev–Trinajstić information content (AvgIpc) is 3.21. The van der Waals surface area contributed by atoms with Crippen LogP contribution in [0.1, 0.15) is 51.4 Å². The molecule has 4 N–H and O–H groups in total. The molecule has 4 bridgehead atoms. The highest BCUT2D eigenvalue weighted by Crippen LogP contribution is 2.32. The van der Waals surface area contributed by atoms with Crippen molar-refractivity contribution in [1.82, 2.24) is 21.3 Å². The number of allylic oxidation sites excluding steroid dienone is 6. The minimum Gasteiger partial charge on any atom is -0.312 e. The molecule has 0 saturated heterocycles. The number of fused-ring (bicyclic) bond motifs is 6. The third-order valence-electron chi connectivity index (χ3n) is 7.91. The molecule has 0 aromatic heterocycles. The Kier molecular flexibility index (Phi) is 11.1. The molecule has 0 amide bonds. The van der Waals surface area contributed by atoms with Crippen molar-refractivity contribution in [1.29, 1.82) is 0 Å². The van der Waals surface area contributed by atoms with Crippen molar-refractivity contribution >= 4 is 0 Å². The van der Waals surface area contributed by atoms with Gasteiger partial charge in [0.25, 0.3) is 0 Å². The van der Waals surface area contributed by atoms with Crippen molar-refractivity contribution in [2.75, 3.05) is 52.4 Å². The summed E-state index contributed by atoms with van der Waals surface area (Å²) in [6, 6.07) is 0. The largest absolute Gasteiger partial charge is 0.312 e. The van der Waals surface area contributed by atoms with Gasteiger partial charge in [-0.05, 0) is 64.0 Å². The van der Waals surface area contributed by atoms with Gasteiger partial charge in [0.2, 0.25) is 0 Å². The van der Waals surface area contributed by atoms with Crippen molar-refractivity contribution in [2.45, 2.75) is 51.4 Å². The lowest BCUT2D eigenvalue weighted by molar-refractivity contribution is 0.581. The van der Waals surface area contributed by atoms with Gasteiger partial charge >= 0.3 is 0 Å². The molecule has 1 aliphatic heterocycles. The molecule has 0 aromatic rings. The van der Waals surface area contributed by atoms with Crippen LogP contribution in [0.2, 0.25) is 0 Å². The summed E-state index contributed by atoms with van der Waals surface area (Å²) in [6.45, 7) is 7.61. The molecule has 5 rings (SSSR count). The fourth-order valence-electron chi connectivity index (χ4n) is 5.73. The van der Waals surface area contributed by atoms with E-state index < -0.39 is 0 Å². The van der Waals surface area contributed by atoms with Crippen LogP contribution >= 0.6 is 0 Å². The zero-order valence-electron chi connectivity index (χ0n) is 23.9. The van der Waals surface area contributed by atoms with E-state index in [-0.39, 0.29) is 0 Å². The molecule has 4 aliphatic carbocycles. The van der Waals surface area contributed by atoms with Gasteiger partial charge in [-0.25, -0.2) is 0 Å². The molecular formula is C36H44N4. The third kappa shape index (κ3) is 7.97. The van der Waals surface area contributed by atoms with Gasteiger partial charge in [-0.15, -0.1) is 22.9 Å². The Balaban J connectivity index is 1.16.